The molecule has 0 aliphatic carbocycles. The van der Waals surface area contributed by atoms with Gasteiger partial charge in [-0.15, -0.1) is 0 Å². The van der Waals surface area contributed by atoms with Crippen LogP contribution in [0, 0.1) is 5.82 Å². The topological polar surface area (TPSA) is 38.3 Å². The number of amides is 1. The SMILES string of the molecule is COCCCNC(=O)c1cc(F)cc(C(F)(F)F)c1. The Morgan fingerprint density at radius 1 is 1.32 bits per heavy atom. The maximum absolute atomic E-state index is 13.1. The van der Waals surface area contributed by atoms with Crippen molar-refractivity contribution < 1.29 is 27.1 Å². The van der Waals surface area contributed by atoms with E-state index in [4.69, 9.17) is 4.74 Å². The highest BCUT2D eigenvalue weighted by Gasteiger charge is 2.31. The van der Waals surface area contributed by atoms with E-state index in [1.165, 1.54) is 7.11 Å². The summed E-state index contributed by atoms with van der Waals surface area (Å²) in [7, 11) is 1.49. The van der Waals surface area contributed by atoms with E-state index in [2.05, 4.69) is 5.32 Å². The summed E-state index contributed by atoms with van der Waals surface area (Å²) in [6, 6.07) is 1.73. The largest absolute Gasteiger partial charge is 0.416 e. The van der Waals surface area contributed by atoms with Gasteiger partial charge in [-0.2, -0.15) is 13.2 Å². The molecule has 0 aliphatic heterocycles. The van der Waals surface area contributed by atoms with Crippen LogP contribution >= 0.6 is 0 Å². The third-order valence-electron chi connectivity index (χ3n) is 2.30. The molecular weight excluding hydrogens is 266 g/mol. The minimum atomic E-state index is -4.69. The molecule has 0 radical (unpaired) electrons. The van der Waals surface area contributed by atoms with E-state index >= 15 is 0 Å². The number of rotatable bonds is 5. The summed E-state index contributed by atoms with van der Waals surface area (Å²) < 4.78 is 55.2. The zero-order chi connectivity index (χ0) is 14.5. The number of ether oxygens (including phenoxy) is 1. The van der Waals surface area contributed by atoms with Gasteiger partial charge in [0, 0.05) is 25.8 Å². The molecule has 0 heterocycles. The Morgan fingerprint density at radius 2 is 2.00 bits per heavy atom. The molecule has 0 atom stereocenters. The molecule has 0 aromatic heterocycles. The first-order valence-corrected chi connectivity index (χ1v) is 5.49. The average molecular weight is 279 g/mol. The molecule has 0 bridgehead atoms. The van der Waals surface area contributed by atoms with Crippen LogP contribution in [0.5, 0.6) is 0 Å². The highest BCUT2D eigenvalue weighted by molar-refractivity contribution is 5.94. The van der Waals surface area contributed by atoms with Crippen molar-refractivity contribution in [2.45, 2.75) is 12.6 Å². The number of nitrogens with one attached hydrogen (secondary N) is 1. The van der Waals surface area contributed by atoms with Crippen molar-refractivity contribution in [2.24, 2.45) is 0 Å². The third kappa shape index (κ3) is 4.86. The number of halogens is 4. The molecule has 1 aromatic carbocycles. The van der Waals surface area contributed by atoms with Gasteiger partial charge >= 0.3 is 6.18 Å². The van der Waals surface area contributed by atoms with Crippen molar-refractivity contribution in [1.29, 1.82) is 0 Å². The lowest BCUT2D eigenvalue weighted by molar-refractivity contribution is -0.137. The molecule has 1 amide bonds. The second kappa shape index (κ2) is 6.51. The molecule has 7 heteroatoms. The maximum atomic E-state index is 13.1. The fourth-order valence-corrected chi connectivity index (χ4v) is 1.40. The van der Waals surface area contributed by atoms with Gasteiger partial charge in [-0.3, -0.25) is 4.79 Å². The van der Waals surface area contributed by atoms with Crippen LogP contribution in [0.3, 0.4) is 0 Å². The first kappa shape index (κ1) is 15.4. The van der Waals surface area contributed by atoms with E-state index in [1.54, 1.807) is 0 Å². The zero-order valence-corrected chi connectivity index (χ0v) is 10.2. The van der Waals surface area contributed by atoms with E-state index in [-0.39, 0.29) is 12.1 Å². The molecule has 0 fully saturated rings. The number of carbonyl (C=O) groups excluding carboxylic acids is 1. The minimum Gasteiger partial charge on any atom is -0.385 e. The van der Waals surface area contributed by atoms with Gasteiger partial charge in [-0.05, 0) is 24.6 Å². The molecule has 1 N–H and O–H groups in total. The molecule has 0 saturated carbocycles. The van der Waals surface area contributed by atoms with Crippen molar-refractivity contribution >= 4 is 5.91 Å². The molecule has 0 aliphatic rings. The summed E-state index contributed by atoms with van der Waals surface area (Å²) in [5.74, 6) is -1.85. The van der Waals surface area contributed by atoms with Crippen LogP contribution in [-0.4, -0.2) is 26.2 Å². The van der Waals surface area contributed by atoms with Crippen LogP contribution in [0.25, 0.3) is 0 Å². The quantitative estimate of drug-likeness (QED) is 0.664. The number of hydrogen-bond acceptors (Lipinski definition) is 2. The van der Waals surface area contributed by atoms with Gasteiger partial charge in [-0.25, -0.2) is 4.39 Å². The Morgan fingerprint density at radius 3 is 2.58 bits per heavy atom. The second-order valence-corrected chi connectivity index (χ2v) is 3.83. The van der Waals surface area contributed by atoms with Crippen molar-refractivity contribution in [3.05, 3.63) is 35.1 Å². The fraction of sp³-hybridized carbons (Fsp3) is 0.417. The fourth-order valence-electron chi connectivity index (χ4n) is 1.40. The number of methoxy groups -OCH3 is 1. The molecule has 0 unspecified atom stereocenters. The van der Waals surface area contributed by atoms with Crippen molar-refractivity contribution in [3.63, 3.8) is 0 Å². The molecule has 1 rings (SSSR count). The first-order chi connectivity index (χ1) is 8.84. The van der Waals surface area contributed by atoms with Crippen LogP contribution in [-0.2, 0) is 10.9 Å². The Bertz CT molecular complexity index is 446. The van der Waals surface area contributed by atoms with Gasteiger partial charge in [0.2, 0.25) is 0 Å². The highest BCUT2D eigenvalue weighted by Crippen LogP contribution is 2.30. The van der Waals surface area contributed by atoms with Gasteiger partial charge in [0.25, 0.3) is 5.91 Å². The maximum Gasteiger partial charge on any atom is 0.416 e. The zero-order valence-electron chi connectivity index (χ0n) is 10.2. The Kier molecular flexibility index (Phi) is 5.29. The van der Waals surface area contributed by atoms with Crippen molar-refractivity contribution in [2.75, 3.05) is 20.3 Å². The lowest BCUT2D eigenvalue weighted by atomic mass is 10.1. The lowest BCUT2D eigenvalue weighted by Crippen LogP contribution is -2.25. The summed E-state index contributed by atoms with van der Waals surface area (Å²) in [5.41, 5.74) is -1.54. The van der Waals surface area contributed by atoms with E-state index < -0.39 is 23.5 Å². The Balaban J connectivity index is 2.77. The van der Waals surface area contributed by atoms with Crippen molar-refractivity contribution in [3.8, 4) is 0 Å². The van der Waals surface area contributed by atoms with Gasteiger partial charge in [0.15, 0.2) is 0 Å². The van der Waals surface area contributed by atoms with Crippen LogP contribution in [0.15, 0.2) is 18.2 Å². The van der Waals surface area contributed by atoms with Crippen molar-refractivity contribution in [1.82, 2.24) is 5.32 Å². The molecule has 0 spiro atoms. The van der Waals surface area contributed by atoms with E-state index in [1.807, 2.05) is 0 Å². The molecular formula is C12H13F4NO2. The van der Waals surface area contributed by atoms with Crippen LogP contribution in [0.1, 0.15) is 22.3 Å². The highest BCUT2D eigenvalue weighted by atomic mass is 19.4. The van der Waals surface area contributed by atoms with Crippen LogP contribution in [0.2, 0.25) is 0 Å². The van der Waals surface area contributed by atoms with E-state index in [9.17, 15) is 22.4 Å². The summed E-state index contributed by atoms with van der Waals surface area (Å²) in [4.78, 5) is 11.6. The molecule has 1 aromatic rings. The summed E-state index contributed by atoms with van der Waals surface area (Å²) in [6.07, 6.45) is -4.17. The summed E-state index contributed by atoms with van der Waals surface area (Å²) in [5, 5.41) is 2.39. The number of carbonyl (C=O) groups is 1. The smallest absolute Gasteiger partial charge is 0.385 e. The average Bonchev–Trinajstić information content (AvgIpc) is 2.32. The molecule has 3 nitrogen and oxygen atoms in total. The monoisotopic (exact) mass is 279 g/mol. The third-order valence-corrected chi connectivity index (χ3v) is 2.30. The predicted molar refractivity (Wildman–Crippen MR) is 60.2 cm³/mol. The molecule has 0 saturated heterocycles. The van der Waals surface area contributed by atoms with Gasteiger partial charge < -0.3 is 10.1 Å². The van der Waals surface area contributed by atoms with E-state index in [0.717, 1.165) is 6.07 Å². The van der Waals surface area contributed by atoms with Gasteiger partial charge in [0.05, 0.1) is 5.56 Å². The van der Waals surface area contributed by atoms with Gasteiger partial charge in [-0.1, -0.05) is 0 Å². The standard InChI is InChI=1S/C12H13F4NO2/c1-19-4-2-3-17-11(18)8-5-9(12(14,15)16)7-10(13)6-8/h5-7H,2-4H2,1H3,(H,17,18). The summed E-state index contributed by atoms with van der Waals surface area (Å²) in [6.45, 7) is 0.655. The molecule has 19 heavy (non-hydrogen) atoms. The number of hydrogen-bond donors (Lipinski definition) is 1. The van der Waals surface area contributed by atoms with Crippen LogP contribution < -0.4 is 5.32 Å². The van der Waals surface area contributed by atoms with Crippen LogP contribution in [0.4, 0.5) is 17.6 Å². The Hall–Kier alpha value is -1.63. The molecule has 106 valence electrons. The lowest BCUT2D eigenvalue weighted by Gasteiger charge is -2.10. The minimum absolute atomic E-state index is 0.241. The first-order valence-electron chi connectivity index (χ1n) is 5.49. The van der Waals surface area contributed by atoms with E-state index in [0.29, 0.717) is 25.2 Å². The number of benzene rings is 1. The Labute approximate surface area is 107 Å². The summed E-state index contributed by atoms with van der Waals surface area (Å²) >= 11 is 0. The number of alkyl halides is 3. The predicted octanol–water partition coefficient (Wildman–Crippen LogP) is 2.61. The normalized spacial score (nSPS) is 11.4. The van der Waals surface area contributed by atoms with Gasteiger partial charge in [0.1, 0.15) is 5.82 Å². The second-order valence-electron chi connectivity index (χ2n) is 3.83.